The smallest absolute Gasteiger partial charge is 0.285 e. The van der Waals surface area contributed by atoms with Gasteiger partial charge in [0.25, 0.3) is 11.6 Å². The van der Waals surface area contributed by atoms with Crippen LogP contribution >= 0.6 is 0 Å². The number of rotatable bonds is 6. The van der Waals surface area contributed by atoms with Gasteiger partial charge in [-0.25, -0.2) is 4.98 Å². The van der Waals surface area contributed by atoms with Gasteiger partial charge < -0.3 is 15.0 Å². The zero-order valence-electron chi connectivity index (χ0n) is 11.3. The number of amides is 1. The van der Waals surface area contributed by atoms with Crippen molar-refractivity contribution in [2.24, 2.45) is 0 Å². The molecule has 0 bridgehead atoms. The van der Waals surface area contributed by atoms with Crippen LogP contribution in [0.2, 0.25) is 0 Å². The summed E-state index contributed by atoms with van der Waals surface area (Å²) in [6.07, 6.45) is 3.80. The van der Waals surface area contributed by atoms with E-state index in [-0.39, 0.29) is 17.0 Å². The average Bonchev–Trinajstić information content (AvgIpc) is 2.99. The van der Waals surface area contributed by atoms with Crippen LogP contribution in [0.4, 0.5) is 5.69 Å². The number of aromatic amines is 1. The Balaban J connectivity index is 2.12. The molecule has 8 nitrogen and oxygen atoms in total. The van der Waals surface area contributed by atoms with E-state index in [2.05, 4.69) is 15.3 Å². The molecule has 0 saturated heterocycles. The lowest BCUT2D eigenvalue weighted by molar-refractivity contribution is -0.385. The van der Waals surface area contributed by atoms with E-state index in [0.29, 0.717) is 13.0 Å². The molecule has 1 heterocycles. The van der Waals surface area contributed by atoms with Gasteiger partial charge >= 0.3 is 0 Å². The van der Waals surface area contributed by atoms with Crippen LogP contribution in [0, 0.1) is 10.1 Å². The number of hydrogen-bond donors (Lipinski definition) is 2. The lowest BCUT2D eigenvalue weighted by Gasteiger charge is -2.09. The van der Waals surface area contributed by atoms with Gasteiger partial charge in [0, 0.05) is 31.4 Å². The van der Waals surface area contributed by atoms with Crippen LogP contribution in [0.25, 0.3) is 0 Å². The second-order valence-corrected chi connectivity index (χ2v) is 4.15. The predicted molar refractivity (Wildman–Crippen MR) is 74.3 cm³/mol. The number of hydrogen-bond acceptors (Lipinski definition) is 5. The molecule has 1 aromatic carbocycles. The Morgan fingerprint density at radius 2 is 2.33 bits per heavy atom. The fourth-order valence-electron chi connectivity index (χ4n) is 1.89. The highest BCUT2D eigenvalue weighted by atomic mass is 16.6. The van der Waals surface area contributed by atoms with Crippen molar-refractivity contribution in [2.45, 2.75) is 6.42 Å². The molecule has 0 saturated carbocycles. The molecule has 1 aromatic heterocycles. The number of carbonyl (C=O) groups excluding carboxylic acids is 1. The number of benzene rings is 1. The molecule has 2 rings (SSSR count). The van der Waals surface area contributed by atoms with Crippen molar-refractivity contribution < 1.29 is 14.5 Å². The summed E-state index contributed by atoms with van der Waals surface area (Å²) in [5.74, 6) is 0.343. The van der Waals surface area contributed by atoms with Gasteiger partial charge in [0.05, 0.1) is 12.0 Å². The lowest BCUT2D eigenvalue weighted by Crippen LogP contribution is -2.27. The van der Waals surface area contributed by atoms with Gasteiger partial charge in [0.1, 0.15) is 11.6 Å². The molecule has 2 N–H and O–H groups in total. The predicted octanol–water partition coefficient (Wildman–Crippen LogP) is 1.30. The molecule has 0 aliphatic carbocycles. The normalized spacial score (nSPS) is 10.1. The highest BCUT2D eigenvalue weighted by molar-refractivity contribution is 6.00. The Bertz CT molecular complexity index is 640. The first-order valence-corrected chi connectivity index (χ1v) is 6.21. The summed E-state index contributed by atoms with van der Waals surface area (Å²) in [6, 6.07) is 4.25. The van der Waals surface area contributed by atoms with Gasteiger partial charge in [-0.2, -0.15) is 0 Å². The zero-order valence-corrected chi connectivity index (χ0v) is 11.3. The molecule has 0 atom stereocenters. The highest BCUT2D eigenvalue weighted by Crippen LogP contribution is 2.27. The Hall–Kier alpha value is -2.90. The van der Waals surface area contributed by atoms with Gasteiger partial charge in [-0.3, -0.25) is 14.9 Å². The van der Waals surface area contributed by atoms with Gasteiger partial charge in [-0.15, -0.1) is 0 Å². The summed E-state index contributed by atoms with van der Waals surface area (Å²) in [5.41, 5.74) is -0.366. The molecule has 110 valence electrons. The highest BCUT2D eigenvalue weighted by Gasteiger charge is 2.24. The fourth-order valence-corrected chi connectivity index (χ4v) is 1.89. The summed E-state index contributed by atoms with van der Waals surface area (Å²) in [7, 11) is 1.36. The summed E-state index contributed by atoms with van der Waals surface area (Å²) < 4.78 is 5.03. The van der Waals surface area contributed by atoms with E-state index >= 15 is 0 Å². The van der Waals surface area contributed by atoms with Crippen LogP contribution < -0.4 is 10.1 Å². The Morgan fingerprint density at radius 1 is 1.52 bits per heavy atom. The molecule has 0 spiro atoms. The van der Waals surface area contributed by atoms with Gasteiger partial charge in [-0.1, -0.05) is 6.07 Å². The van der Waals surface area contributed by atoms with Gasteiger partial charge in [0.15, 0.2) is 5.56 Å². The third-order valence-electron chi connectivity index (χ3n) is 2.85. The minimum absolute atomic E-state index is 0.0792. The van der Waals surface area contributed by atoms with E-state index in [1.807, 2.05) is 0 Å². The zero-order chi connectivity index (χ0) is 15.2. The van der Waals surface area contributed by atoms with E-state index in [1.165, 1.54) is 25.3 Å². The maximum absolute atomic E-state index is 12.2. The van der Waals surface area contributed by atoms with Crippen molar-refractivity contribution >= 4 is 11.6 Å². The van der Waals surface area contributed by atoms with E-state index < -0.39 is 10.8 Å². The second kappa shape index (κ2) is 6.51. The summed E-state index contributed by atoms with van der Waals surface area (Å²) in [5, 5.41) is 13.6. The first kappa shape index (κ1) is 14.5. The maximum atomic E-state index is 12.2. The molecule has 0 radical (unpaired) electrons. The molecule has 2 aromatic rings. The van der Waals surface area contributed by atoms with E-state index in [9.17, 15) is 14.9 Å². The Kier molecular flexibility index (Phi) is 4.50. The van der Waals surface area contributed by atoms with E-state index in [1.54, 1.807) is 12.4 Å². The molecule has 0 unspecified atom stereocenters. The standard InChI is InChI=1S/C13H14N4O4/c1-21-10-4-2-3-9(17(19)20)12(10)13(18)16-6-5-11-14-7-8-15-11/h2-4,7-8H,5-6H2,1H3,(H,14,15)(H,16,18). The van der Waals surface area contributed by atoms with Crippen molar-refractivity contribution in [2.75, 3.05) is 13.7 Å². The van der Waals surface area contributed by atoms with Crippen LogP contribution in [-0.2, 0) is 6.42 Å². The number of imidazole rings is 1. The first-order chi connectivity index (χ1) is 10.1. The van der Waals surface area contributed by atoms with Crippen LogP contribution in [0.1, 0.15) is 16.2 Å². The van der Waals surface area contributed by atoms with Crippen molar-refractivity contribution in [3.63, 3.8) is 0 Å². The fraction of sp³-hybridized carbons (Fsp3) is 0.231. The quantitative estimate of drug-likeness (QED) is 0.615. The molecule has 1 amide bonds. The second-order valence-electron chi connectivity index (χ2n) is 4.15. The number of methoxy groups -OCH3 is 1. The average molecular weight is 290 g/mol. The third-order valence-corrected chi connectivity index (χ3v) is 2.85. The molecule has 0 aliphatic rings. The molecular weight excluding hydrogens is 276 g/mol. The van der Waals surface area contributed by atoms with Crippen LogP contribution in [-0.4, -0.2) is 34.5 Å². The maximum Gasteiger partial charge on any atom is 0.285 e. The van der Waals surface area contributed by atoms with Crippen molar-refractivity contribution in [1.82, 2.24) is 15.3 Å². The SMILES string of the molecule is COc1cccc([N+](=O)[O-])c1C(=O)NCCc1ncc[nH]1. The van der Waals surface area contributed by atoms with Crippen molar-refractivity contribution in [3.05, 3.63) is 52.1 Å². The number of H-pyrrole nitrogens is 1. The lowest BCUT2D eigenvalue weighted by atomic mass is 10.1. The first-order valence-electron chi connectivity index (χ1n) is 6.21. The largest absolute Gasteiger partial charge is 0.496 e. The Morgan fingerprint density at radius 3 is 2.95 bits per heavy atom. The molecule has 8 heteroatoms. The number of carbonyl (C=O) groups is 1. The summed E-state index contributed by atoms with van der Waals surface area (Å²) >= 11 is 0. The number of nitro groups is 1. The monoisotopic (exact) mass is 290 g/mol. The Labute approximate surface area is 120 Å². The summed E-state index contributed by atoms with van der Waals surface area (Å²) in [6.45, 7) is 0.307. The van der Waals surface area contributed by atoms with Crippen molar-refractivity contribution in [1.29, 1.82) is 0 Å². The molecule has 21 heavy (non-hydrogen) atoms. The number of nitrogens with zero attached hydrogens (tertiary/aromatic N) is 2. The number of nitrogens with one attached hydrogen (secondary N) is 2. The van der Waals surface area contributed by atoms with Crippen LogP contribution in [0.5, 0.6) is 5.75 Å². The van der Waals surface area contributed by atoms with Crippen LogP contribution in [0.3, 0.4) is 0 Å². The summed E-state index contributed by atoms with van der Waals surface area (Å²) in [4.78, 5) is 29.5. The van der Waals surface area contributed by atoms with Crippen LogP contribution in [0.15, 0.2) is 30.6 Å². The van der Waals surface area contributed by atoms with Gasteiger partial charge in [-0.05, 0) is 6.07 Å². The minimum atomic E-state index is -0.607. The number of nitro benzene ring substituents is 1. The van der Waals surface area contributed by atoms with E-state index in [4.69, 9.17) is 4.74 Å². The number of aromatic nitrogens is 2. The van der Waals surface area contributed by atoms with Gasteiger partial charge in [0.2, 0.25) is 0 Å². The number of ether oxygens (including phenoxy) is 1. The molecule has 0 fully saturated rings. The topological polar surface area (TPSA) is 110 Å². The molecule has 0 aliphatic heterocycles. The van der Waals surface area contributed by atoms with E-state index in [0.717, 1.165) is 5.82 Å². The molecular formula is C13H14N4O4. The minimum Gasteiger partial charge on any atom is -0.496 e. The van der Waals surface area contributed by atoms with Crippen molar-refractivity contribution in [3.8, 4) is 5.75 Å². The third kappa shape index (κ3) is 3.35.